The molecule has 158 valence electrons. The van der Waals surface area contributed by atoms with Gasteiger partial charge >= 0.3 is 0 Å². The maximum atomic E-state index is 12.1. The molecule has 3 aromatic carbocycles. The van der Waals surface area contributed by atoms with Gasteiger partial charge in [-0.3, -0.25) is 4.79 Å². The first-order valence-corrected chi connectivity index (χ1v) is 9.87. The van der Waals surface area contributed by atoms with Crippen LogP contribution in [0.25, 0.3) is 16.9 Å². The SMILES string of the molecule is O=C([O-])/C=C/C(=O)Nc1ccccc1Nc1cc(-c2ccccc2)nn1-c1ccccc1. The summed E-state index contributed by atoms with van der Waals surface area (Å²) in [4.78, 5) is 22.6. The lowest BCUT2D eigenvalue weighted by Crippen LogP contribution is -2.20. The summed E-state index contributed by atoms with van der Waals surface area (Å²) in [6.07, 6.45) is 1.59. The molecule has 4 rings (SSSR count). The van der Waals surface area contributed by atoms with E-state index in [1.807, 2.05) is 78.9 Å². The number of para-hydroxylation sites is 3. The molecule has 0 bridgehead atoms. The standard InChI is InChI=1S/C25H20N4O3/c30-24(15-16-25(31)32)27-21-14-8-7-13-20(21)26-23-17-22(18-9-3-1-4-10-18)28-29(23)19-11-5-2-6-12-19/h1-17,26H,(H,27,30)(H,31,32)/p-1/b16-15+. The number of carboxylic acid groups (broad SMARTS) is 1. The highest BCUT2D eigenvalue weighted by atomic mass is 16.4. The molecule has 0 atom stereocenters. The zero-order chi connectivity index (χ0) is 22.3. The minimum atomic E-state index is -1.44. The van der Waals surface area contributed by atoms with E-state index in [0.717, 1.165) is 23.0 Å². The molecule has 0 aliphatic carbocycles. The van der Waals surface area contributed by atoms with Gasteiger partial charge in [-0.25, -0.2) is 4.68 Å². The molecule has 1 heterocycles. The smallest absolute Gasteiger partial charge is 0.248 e. The number of aliphatic carboxylic acids is 1. The Morgan fingerprint density at radius 1 is 0.812 bits per heavy atom. The summed E-state index contributed by atoms with van der Waals surface area (Å²) in [5, 5.41) is 21.3. The van der Waals surface area contributed by atoms with E-state index < -0.39 is 11.9 Å². The Kier molecular flexibility index (Phi) is 6.08. The van der Waals surface area contributed by atoms with Crippen LogP contribution < -0.4 is 15.7 Å². The van der Waals surface area contributed by atoms with E-state index in [1.165, 1.54) is 0 Å². The number of nitrogens with zero attached hydrogens (tertiary/aromatic N) is 2. The number of rotatable bonds is 7. The van der Waals surface area contributed by atoms with Gasteiger partial charge in [0, 0.05) is 17.7 Å². The molecule has 7 heteroatoms. The van der Waals surface area contributed by atoms with Gasteiger partial charge in [-0.05, 0) is 30.3 Å². The predicted octanol–water partition coefficient (Wildman–Crippen LogP) is 3.53. The minimum Gasteiger partial charge on any atom is -0.545 e. The quantitative estimate of drug-likeness (QED) is 0.443. The van der Waals surface area contributed by atoms with Crippen molar-refractivity contribution in [3.63, 3.8) is 0 Å². The largest absolute Gasteiger partial charge is 0.545 e. The van der Waals surface area contributed by atoms with Crippen molar-refractivity contribution in [1.29, 1.82) is 0 Å². The van der Waals surface area contributed by atoms with E-state index >= 15 is 0 Å². The highest BCUT2D eigenvalue weighted by Crippen LogP contribution is 2.30. The predicted molar refractivity (Wildman–Crippen MR) is 122 cm³/mol. The fourth-order valence-electron chi connectivity index (χ4n) is 3.14. The Morgan fingerprint density at radius 3 is 2.12 bits per heavy atom. The van der Waals surface area contributed by atoms with Crippen molar-refractivity contribution in [2.24, 2.45) is 0 Å². The normalized spacial score (nSPS) is 10.8. The highest BCUT2D eigenvalue weighted by molar-refractivity contribution is 6.04. The summed E-state index contributed by atoms with van der Waals surface area (Å²) >= 11 is 0. The van der Waals surface area contributed by atoms with Crippen molar-refractivity contribution in [2.75, 3.05) is 10.6 Å². The number of amides is 1. The van der Waals surface area contributed by atoms with Gasteiger partial charge < -0.3 is 20.5 Å². The third-order valence-electron chi connectivity index (χ3n) is 4.60. The first-order chi connectivity index (χ1) is 15.6. The fourth-order valence-corrected chi connectivity index (χ4v) is 3.14. The van der Waals surface area contributed by atoms with Gasteiger partial charge in [-0.15, -0.1) is 0 Å². The van der Waals surface area contributed by atoms with Crippen LogP contribution in [0.15, 0.2) is 103 Å². The molecule has 2 N–H and O–H groups in total. The lowest BCUT2D eigenvalue weighted by molar-refractivity contribution is -0.297. The number of anilines is 3. The van der Waals surface area contributed by atoms with Crippen molar-refractivity contribution >= 4 is 29.1 Å². The first-order valence-electron chi connectivity index (χ1n) is 9.87. The molecular formula is C25H19N4O3-. The molecule has 1 aromatic heterocycles. The summed E-state index contributed by atoms with van der Waals surface area (Å²) < 4.78 is 1.79. The molecule has 0 radical (unpaired) electrons. The molecular weight excluding hydrogens is 404 g/mol. The molecule has 32 heavy (non-hydrogen) atoms. The Balaban J connectivity index is 1.69. The number of carbonyl (C=O) groups is 2. The van der Waals surface area contributed by atoms with E-state index in [9.17, 15) is 14.7 Å². The number of carboxylic acids is 1. The lowest BCUT2D eigenvalue weighted by atomic mass is 10.1. The first kappa shape index (κ1) is 20.6. The van der Waals surface area contributed by atoms with Crippen molar-refractivity contribution in [3.05, 3.63) is 103 Å². The third kappa shape index (κ3) is 4.91. The Morgan fingerprint density at radius 2 is 1.44 bits per heavy atom. The Bertz CT molecular complexity index is 1260. The van der Waals surface area contributed by atoms with E-state index in [-0.39, 0.29) is 0 Å². The molecule has 0 saturated heterocycles. The fraction of sp³-hybridized carbons (Fsp3) is 0. The van der Waals surface area contributed by atoms with Crippen LogP contribution in [-0.4, -0.2) is 21.7 Å². The van der Waals surface area contributed by atoms with Gasteiger partial charge in [0.25, 0.3) is 0 Å². The van der Waals surface area contributed by atoms with Crippen LogP contribution >= 0.6 is 0 Å². The van der Waals surface area contributed by atoms with E-state index in [2.05, 4.69) is 10.6 Å². The molecule has 0 spiro atoms. The van der Waals surface area contributed by atoms with E-state index in [1.54, 1.807) is 16.8 Å². The highest BCUT2D eigenvalue weighted by Gasteiger charge is 2.13. The molecule has 4 aromatic rings. The number of carbonyl (C=O) groups excluding carboxylic acids is 2. The Hall–Kier alpha value is -4.65. The summed E-state index contributed by atoms with van der Waals surface area (Å²) in [5.74, 6) is -1.32. The third-order valence-corrected chi connectivity index (χ3v) is 4.60. The molecule has 0 aliphatic heterocycles. The Labute approximate surface area is 184 Å². The second-order valence-electron chi connectivity index (χ2n) is 6.84. The zero-order valence-electron chi connectivity index (χ0n) is 16.9. The van der Waals surface area contributed by atoms with Gasteiger partial charge in [0.15, 0.2) is 0 Å². The van der Waals surface area contributed by atoms with Gasteiger partial charge in [0.05, 0.1) is 28.7 Å². The number of aromatic nitrogens is 2. The van der Waals surface area contributed by atoms with Crippen molar-refractivity contribution < 1.29 is 14.7 Å². The van der Waals surface area contributed by atoms with Crippen LogP contribution in [-0.2, 0) is 9.59 Å². The number of nitrogens with one attached hydrogen (secondary N) is 2. The summed E-state index contributed by atoms with van der Waals surface area (Å²) in [7, 11) is 0. The lowest BCUT2D eigenvalue weighted by Gasteiger charge is -2.13. The van der Waals surface area contributed by atoms with Gasteiger partial charge in [0.1, 0.15) is 5.82 Å². The van der Waals surface area contributed by atoms with Gasteiger partial charge in [-0.1, -0.05) is 60.7 Å². The van der Waals surface area contributed by atoms with Crippen molar-refractivity contribution in [2.45, 2.75) is 0 Å². The van der Waals surface area contributed by atoms with E-state index in [0.29, 0.717) is 23.3 Å². The van der Waals surface area contributed by atoms with Crippen LogP contribution in [0.3, 0.4) is 0 Å². The van der Waals surface area contributed by atoms with Crippen LogP contribution in [0.2, 0.25) is 0 Å². The van der Waals surface area contributed by atoms with Crippen LogP contribution in [0.1, 0.15) is 0 Å². The monoisotopic (exact) mass is 423 g/mol. The number of benzene rings is 3. The molecule has 0 saturated carbocycles. The maximum absolute atomic E-state index is 12.1. The van der Waals surface area contributed by atoms with Crippen LogP contribution in [0.4, 0.5) is 17.2 Å². The zero-order valence-corrected chi connectivity index (χ0v) is 16.9. The number of hydrogen-bond donors (Lipinski definition) is 2. The van der Waals surface area contributed by atoms with Crippen molar-refractivity contribution in [1.82, 2.24) is 9.78 Å². The minimum absolute atomic E-state index is 0.488. The molecule has 1 amide bonds. The summed E-state index contributed by atoms with van der Waals surface area (Å²) in [6.45, 7) is 0. The maximum Gasteiger partial charge on any atom is 0.248 e. The van der Waals surface area contributed by atoms with Crippen LogP contribution in [0.5, 0.6) is 0 Å². The van der Waals surface area contributed by atoms with Crippen molar-refractivity contribution in [3.8, 4) is 16.9 Å². The average molecular weight is 423 g/mol. The molecule has 0 aliphatic rings. The second kappa shape index (κ2) is 9.44. The van der Waals surface area contributed by atoms with E-state index in [4.69, 9.17) is 5.10 Å². The average Bonchev–Trinajstić information content (AvgIpc) is 3.24. The summed E-state index contributed by atoms with van der Waals surface area (Å²) in [6, 6.07) is 28.6. The van der Waals surface area contributed by atoms with Crippen LogP contribution in [0, 0.1) is 0 Å². The summed E-state index contributed by atoms with van der Waals surface area (Å²) in [5.41, 5.74) is 3.74. The van der Waals surface area contributed by atoms with Gasteiger partial charge in [-0.2, -0.15) is 5.10 Å². The second-order valence-corrected chi connectivity index (χ2v) is 6.84. The topological polar surface area (TPSA) is 99.1 Å². The molecule has 0 fully saturated rings. The number of hydrogen-bond acceptors (Lipinski definition) is 5. The van der Waals surface area contributed by atoms with Gasteiger partial charge in [0.2, 0.25) is 5.91 Å². The molecule has 0 unspecified atom stereocenters. The molecule has 7 nitrogen and oxygen atoms in total.